The van der Waals surface area contributed by atoms with Gasteiger partial charge in [0.25, 0.3) is 0 Å². The molecule has 0 bridgehead atoms. The van der Waals surface area contributed by atoms with Crippen molar-refractivity contribution in [3.63, 3.8) is 0 Å². The lowest BCUT2D eigenvalue weighted by Crippen LogP contribution is -2.21. The first kappa shape index (κ1) is 12.6. The third-order valence-electron chi connectivity index (χ3n) is 4.29. The highest BCUT2D eigenvalue weighted by Crippen LogP contribution is 2.37. The fourth-order valence-corrected chi connectivity index (χ4v) is 3.17. The topological polar surface area (TPSA) is 20.2 Å². The van der Waals surface area contributed by atoms with Crippen LogP contribution in [0.2, 0.25) is 0 Å². The Kier molecular flexibility index (Phi) is 4.22. The molecule has 0 saturated heterocycles. The number of fused-ring (bicyclic) bond motifs is 1. The zero-order chi connectivity index (χ0) is 12.3. The molecule has 3 unspecified atom stereocenters. The van der Waals surface area contributed by atoms with Crippen LogP contribution in [-0.2, 0) is 6.42 Å². The molecule has 0 amide bonds. The van der Waals surface area contributed by atoms with Crippen LogP contribution in [0.1, 0.15) is 56.6 Å². The van der Waals surface area contributed by atoms with Gasteiger partial charge >= 0.3 is 0 Å². The number of aryl methyl sites for hydroxylation is 1. The van der Waals surface area contributed by atoms with Crippen molar-refractivity contribution in [1.82, 2.24) is 0 Å². The maximum Gasteiger partial charge on any atom is 0.0540 e. The lowest BCUT2D eigenvalue weighted by atomic mass is 9.77. The highest BCUT2D eigenvalue weighted by Gasteiger charge is 2.24. The van der Waals surface area contributed by atoms with Gasteiger partial charge in [0.1, 0.15) is 0 Å². The van der Waals surface area contributed by atoms with Crippen molar-refractivity contribution in [2.45, 2.75) is 58.0 Å². The molecule has 17 heavy (non-hydrogen) atoms. The molecule has 1 aromatic carbocycles. The van der Waals surface area contributed by atoms with E-state index in [0.717, 1.165) is 12.8 Å². The summed E-state index contributed by atoms with van der Waals surface area (Å²) in [5, 5.41) is 9.79. The minimum Gasteiger partial charge on any atom is -0.393 e. The largest absolute Gasteiger partial charge is 0.393 e. The van der Waals surface area contributed by atoms with E-state index < -0.39 is 0 Å². The second-order valence-electron chi connectivity index (χ2n) is 5.43. The Morgan fingerprint density at radius 1 is 1.35 bits per heavy atom. The molecule has 0 heterocycles. The lowest BCUT2D eigenvalue weighted by molar-refractivity contribution is 0.111. The van der Waals surface area contributed by atoms with Crippen LogP contribution < -0.4 is 0 Å². The second kappa shape index (κ2) is 5.68. The number of aliphatic hydroxyl groups excluding tert-OH is 1. The molecule has 1 aliphatic carbocycles. The smallest absolute Gasteiger partial charge is 0.0540 e. The molecule has 3 atom stereocenters. The first-order chi connectivity index (χ1) is 8.22. The first-order valence-corrected chi connectivity index (χ1v) is 6.98. The zero-order valence-electron chi connectivity index (χ0n) is 11.0. The molecule has 0 fully saturated rings. The molecule has 0 spiro atoms. The Morgan fingerprint density at radius 2 is 2.12 bits per heavy atom. The minimum atomic E-state index is -0.172. The maximum absolute atomic E-state index is 9.79. The van der Waals surface area contributed by atoms with Gasteiger partial charge < -0.3 is 5.11 Å². The molecule has 0 aliphatic heterocycles. The minimum absolute atomic E-state index is 0.172. The van der Waals surface area contributed by atoms with Crippen molar-refractivity contribution in [1.29, 1.82) is 0 Å². The Bertz CT molecular complexity index is 356. The molecule has 94 valence electrons. The fraction of sp³-hybridized carbons (Fsp3) is 0.625. The van der Waals surface area contributed by atoms with Gasteiger partial charge in [0.15, 0.2) is 0 Å². The van der Waals surface area contributed by atoms with E-state index in [1.54, 1.807) is 0 Å². The molecule has 1 aliphatic rings. The Morgan fingerprint density at radius 3 is 2.82 bits per heavy atom. The Labute approximate surface area is 105 Å². The van der Waals surface area contributed by atoms with E-state index in [9.17, 15) is 5.11 Å². The van der Waals surface area contributed by atoms with Crippen LogP contribution in [0.25, 0.3) is 0 Å². The maximum atomic E-state index is 9.79. The third kappa shape index (κ3) is 2.90. The fourth-order valence-electron chi connectivity index (χ4n) is 3.17. The van der Waals surface area contributed by atoms with E-state index in [-0.39, 0.29) is 6.10 Å². The third-order valence-corrected chi connectivity index (χ3v) is 4.29. The quantitative estimate of drug-likeness (QED) is 0.834. The first-order valence-electron chi connectivity index (χ1n) is 6.98. The molecule has 1 aromatic rings. The number of aliphatic hydroxyl groups is 1. The molecule has 0 radical (unpaired) electrons. The van der Waals surface area contributed by atoms with Gasteiger partial charge in [-0.25, -0.2) is 0 Å². The molecular formula is C16H24O. The lowest BCUT2D eigenvalue weighted by Gasteiger charge is -2.29. The highest BCUT2D eigenvalue weighted by molar-refractivity contribution is 5.32. The van der Waals surface area contributed by atoms with Crippen molar-refractivity contribution in [2.75, 3.05) is 0 Å². The monoisotopic (exact) mass is 232 g/mol. The van der Waals surface area contributed by atoms with E-state index in [1.807, 2.05) is 6.92 Å². The summed E-state index contributed by atoms with van der Waals surface area (Å²) in [4.78, 5) is 0. The number of benzene rings is 1. The van der Waals surface area contributed by atoms with Crippen LogP contribution in [0, 0.1) is 5.92 Å². The number of rotatable bonds is 4. The van der Waals surface area contributed by atoms with Gasteiger partial charge in [0.05, 0.1) is 6.10 Å². The summed E-state index contributed by atoms with van der Waals surface area (Å²) < 4.78 is 0. The molecule has 1 nitrogen and oxygen atoms in total. The van der Waals surface area contributed by atoms with Crippen molar-refractivity contribution >= 4 is 0 Å². The van der Waals surface area contributed by atoms with E-state index in [1.165, 1.54) is 30.4 Å². The summed E-state index contributed by atoms with van der Waals surface area (Å²) in [5.74, 6) is 1.12. The summed E-state index contributed by atoms with van der Waals surface area (Å²) in [5.41, 5.74) is 3.07. The average Bonchev–Trinajstić information content (AvgIpc) is 2.35. The van der Waals surface area contributed by atoms with Crippen molar-refractivity contribution in [3.8, 4) is 0 Å². The van der Waals surface area contributed by atoms with E-state index in [0.29, 0.717) is 11.8 Å². The summed E-state index contributed by atoms with van der Waals surface area (Å²) in [6.07, 6.45) is 5.88. The second-order valence-corrected chi connectivity index (χ2v) is 5.43. The standard InChI is InChI=1S/C16H24O/c1-3-13(12(2)17)11-15-9-6-8-14-7-4-5-10-16(14)15/h4-5,7,10,12-13,15,17H,3,6,8-9,11H2,1-2H3. The Hall–Kier alpha value is -0.820. The van der Waals surface area contributed by atoms with Gasteiger partial charge in [-0.05, 0) is 55.6 Å². The van der Waals surface area contributed by atoms with Crippen LogP contribution in [0.5, 0.6) is 0 Å². The average molecular weight is 232 g/mol. The van der Waals surface area contributed by atoms with Crippen molar-refractivity contribution in [3.05, 3.63) is 35.4 Å². The van der Waals surface area contributed by atoms with Gasteiger partial charge in [-0.1, -0.05) is 37.6 Å². The van der Waals surface area contributed by atoms with Crippen molar-refractivity contribution < 1.29 is 5.11 Å². The zero-order valence-corrected chi connectivity index (χ0v) is 11.0. The summed E-state index contributed by atoms with van der Waals surface area (Å²) in [6, 6.07) is 8.85. The van der Waals surface area contributed by atoms with Crippen LogP contribution in [0.15, 0.2) is 24.3 Å². The molecule has 1 heteroatoms. The summed E-state index contributed by atoms with van der Waals surface area (Å²) >= 11 is 0. The van der Waals surface area contributed by atoms with Crippen molar-refractivity contribution in [2.24, 2.45) is 5.92 Å². The van der Waals surface area contributed by atoms with Crippen LogP contribution in [-0.4, -0.2) is 11.2 Å². The molecule has 1 N–H and O–H groups in total. The normalized spacial score (nSPS) is 22.9. The Balaban J connectivity index is 2.13. The number of hydrogen-bond donors (Lipinski definition) is 1. The summed E-state index contributed by atoms with van der Waals surface area (Å²) in [7, 11) is 0. The van der Waals surface area contributed by atoms with Gasteiger partial charge in [-0.3, -0.25) is 0 Å². The molecule has 0 saturated carbocycles. The molecular weight excluding hydrogens is 208 g/mol. The van der Waals surface area contributed by atoms with E-state index >= 15 is 0 Å². The van der Waals surface area contributed by atoms with Crippen LogP contribution >= 0.6 is 0 Å². The molecule has 0 aromatic heterocycles. The van der Waals surface area contributed by atoms with Gasteiger partial charge in [-0.15, -0.1) is 0 Å². The van der Waals surface area contributed by atoms with Crippen LogP contribution in [0.4, 0.5) is 0 Å². The van der Waals surface area contributed by atoms with E-state index in [4.69, 9.17) is 0 Å². The van der Waals surface area contributed by atoms with Gasteiger partial charge in [0, 0.05) is 0 Å². The van der Waals surface area contributed by atoms with Gasteiger partial charge in [0.2, 0.25) is 0 Å². The predicted octanol–water partition coefficient (Wildman–Crippen LogP) is 3.90. The van der Waals surface area contributed by atoms with E-state index in [2.05, 4.69) is 31.2 Å². The van der Waals surface area contributed by atoms with Gasteiger partial charge in [-0.2, -0.15) is 0 Å². The SMILES string of the molecule is CCC(CC1CCCc2ccccc21)C(C)O. The van der Waals surface area contributed by atoms with Crippen LogP contribution in [0.3, 0.4) is 0 Å². The highest BCUT2D eigenvalue weighted by atomic mass is 16.3. The molecule has 2 rings (SSSR count). The number of hydrogen-bond acceptors (Lipinski definition) is 1. The summed E-state index contributed by atoms with van der Waals surface area (Å²) in [6.45, 7) is 4.12. The predicted molar refractivity (Wildman–Crippen MR) is 72.2 cm³/mol.